The molecule has 0 amide bonds. The summed E-state index contributed by atoms with van der Waals surface area (Å²) in [6.45, 7) is 6.24. The Morgan fingerprint density at radius 3 is 0.905 bits per heavy atom. The molecule has 0 rings (SSSR count). The van der Waals surface area contributed by atoms with Crippen LogP contribution in [0.15, 0.2) is 109 Å². The van der Waals surface area contributed by atoms with Crippen molar-refractivity contribution in [2.75, 3.05) is 13.2 Å². The first-order chi connectivity index (χ1) is 31.0. The number of unbranched alkanes of at least 4 members (excludes halogenated alkanes) is 15. The maximum absolute atomic E-state index is 12.8. The number of hydrogen-bond donors (Lipinski definition) is 0. The average molecular weight is 873 g/mol. The van der Waals surface area contributed by atoms with Gasteiger partial charge in [0.1, 0.15) is 13.2 Å². The monoisotopic (exact) mass is 873 g/mol. The number of ether oxygens (including phenoxy) is 3. The summed E-state index contributed by atoms with van der Waals surface area (Å²) in [5, 5.41) is 0. The van der Waals surface area contributed by atoms with Gasteiger partial charge in [0.05, 0.1) is 0 Å². The zero-order valence-electron chi connectivity index (χ0n) is 40.5. The van der Waals surface area contributed by atoms with Crippen molar-refractivity contribution in [2.24, 2.45) is 0 Å². The third-order valence-electron chi connectivity index (χ3n) is 10.3. The standard InChI is InChI=1S/C57H92O6/c1-4-7-10-13-16-19-22-25-27-28-30-32-35-38-41-44-47-50-56(59)62-53-54(52-61-55(58)49-46-43-40-37-34-31-24-21-18-15-12-9-6-3)63-57(60)51-48-45-42-39-36-33-29-26-23-20-17-14-11-8-5-2/h7-12,16-21,25-27,29,31,34,54H,4-6,13-15,22-24,28,30,32-33,35-53H2,1-3H3/b10-7-,11-8-,12-9-,19-16-,20-17-,21-18-,27-25-,29-26-,34-31-. The van der Waals surface area contributed by atoms with E-state index in [1.165, 1.54) is 25.7 Å². The molecular formula is C57H92O6. The fourth-order valence-corrected chi connectivity index (χ4v) is 6.54. The highest BCUT2D eigenvalue weighted by molar-refractivity contribution is 5.71. The minimum Gasteiger partial charge on any atom is -0.462 e. The largest absolute Gasteiger partial charge is 0.462 e. The van der Waals surface area contributed by atoms with Crippen LogP contribution >= 0.6 is 0 Å². The lowest BCUT2D eigenvalue weighted by molar-refractivity contribution is -0.167. The molecule has 0 aromatic rings. The second-order valence-corrected chi connectivity index (χ2v) is 16.3. The zero-order chi connectivity index (χ0) is 45.8. The van der Waals surface area contributed by atoms with Crippen LogP contribution in [-0.2, 0) is 28.6 Å². The van der Waals surface area contributed by atoms with Gasteiger partial charge in [0.25, 0.3) is 0 Å². The van der Waals surface area contributed by atoms with Crippen molar-refractivity contribution < 1.29 is 28.6 Å². The van der Waals surface area contributed by atoms with Gasteiger partial charge in [-0.05, 0) is 116 Å². The molecule has 0 saturated carbocycles. The van der Waals surface area contributed by atoms with Crippen molar-refractivity contribution in [3.63, 3.8) is 0 Å². The predicted octanol–water partition coefficient (Wildman–Crippen LogP) is 16.8. The SMILES string of the molecule is CC/C=C\C/C=C\C/C=C\CCCCCCCCCC(=O)OCC(COC(=O)CCCCC/C=C\C/C=C\C/C=C\CC)OC(=O)CCCCCCC/C=C\C/C=C\C/C=C\CC. The maximum atomic E-state index is 12.8. The van der Waals surface area contributed by atoms with Crippen LogP contribution in [0.4, 0.5) is 0 Å². The maximum Gasteiger partial charge on any atom is 0.306 e. The van der Waals surface area contributed by atoms with Gasteiger partial charge < -0.3 is 14.2 Å². The minimum absolute atomic E-state index is 0.102. The summed E-state index contributed by atoms with van der Waals surface area (Å²) in [7, 11) is 0. The van der Waals surface area contributed by atoms with Crippen LogP contribution in [-0.4, -0.2) is 37.2 Å². The number of hydrogen-bond acceptors (Lipinski definition) is 6. The third-order valence-corrected chi connectivity index (χ3v) is 10.3. The van der Waals surface area contributed by atoms with Gasteiger partial charge in [0.15, 0.2) is 6.10 Å². The van der Waals surface area contributed by atoms with Gasteiger partial charge in [-0.2, -0.15) is 0 Å². The summed E-state index contributed by atoms with van der Waals surface area (Å²) >= 11 is 0. The highest BCUT2D eigenvalue weighted by atomic mass is 16.6. The van der Waals surface area contributed by atoms with Crippen molar-refractivity contribution >= 4 is 17.9 Å². The van der Waals surface area contributed by atoms with Crippen LogP contribution in [0.25, 0.3) is 0 Å². The van der Waals surface area contributed by atoms with Crippen LogP contribution in [0.2, 0.25) is 0 Å². The van der Waals surface area contributed by atoms with E-state index in [9.17, 15) is 14.4 Å². The molecule has 0 heterocycles. The molecule has 1 atom stereocenters. The predicted molar refractivity (Wildman–Crippen MR) is 270 cm³/mol. The first-order valence-electron chi connectivity index (χ1n) is 25.4. The molecule has 0 saturated heterocycles. The van der Waals surface area contributed by atoms with E-state index < -0.39 is 6.10 Å². The van der Waals surface area contributed by atoms with E-state index in [1.54, 1.807) is 0 Å². The van der Waals surface area contributed by atoms with Gasteiger partial charge in [0, 0.05) is 19.3 Å². The second kappa shape index (κ2) is 50.7. The normalized spacial score (nSPS) is 13.0. The number of carbonyl (C=O) groups is 3. The highest BCUT2D eigenvalue weighted by Gasteiger charge is 2.19. The Morgan fingerprint density at radius 2 is 0.571 bits per heavy atom. The Kier molecular flexibility index (Phi) is 47.5. The molecule has 0 N–H and O–H groups in total. The van der Waals surface area contributed by atoms with Crippen molar-refractivity contribution in [1.29, 1.82) is 0 Å². The Hall–Kier alpha value is -3.93. The molecule has 0 aliphatic carbocycles. The van der Waals surface area contributed by atoms with Gasteiger partial charge in [-0.25, -0.2) is 0 Å². The molecule has 0 spiro atoms. The summed E-state index contributed by atoms with van der Waals surface area (Å²) in [5.74, 6) is -0.965. The lowest BCUT2D eigenvalue weighted by Crippen LogP contribution is -2.30. The summed E-state index contributed by atoms with van der Waals surface area (Å²) < 4.78 is 16.7. The van der Waals surface area contributed by atoms with E-state index in [-0.39, 0.29) is 31.1 Å². The molecule has 6 heteroatoms. The van der Waals surface area contributed by atoms with Crippen LogP contribution in [0, 0.1) is 0 Å². The van der Waals surface area contributed by atoms with E-state index in [1.807, 2.05) is 0 Å². The van der Waals surface area contributed by atoms with E-state index in [0.29, 0.717) is 19.3 Å². The quantitative estimate of drug-likeness (QED) is 0.0263. The van der Waals surface area contributed by atoms with E-state index in [4.69, 9.17) is 14.2 Å². The fourth-order valence-electron chi connectivity index (χ4n) is 6.54. The van der Waals surface area contributed by atoms with E-state index in [2.05, 4.69) is 130 Å². The molecule has 0 aromatic carbocycles. The molecule has 63 heavy (non-hydrogen) atoms. The molecule has 0 radical (unpaired) electrons. The van der Waals surface area contributed by atoms with E-state index >= 15 is 0 Å². The molecule has 356 valence electrons. The molecule has 6 nitrogen and oxygen atoms in total. The fraction of sp³-hybridized carbons (Fsp3) is 0.632. The molecule has 0 aliphatic rings. The van der Waals surface area contributed by atoms with Crippen LogP contribution < -0.4 is 0 Å². The number of carbonyl (C=O) groups excluding carboxylic acids is 3. The minimum atomic E-state index is -0.805. The summed E-state index contributed by atoms with van der Waals surface area (Å²) in [4.78, 5) is 38.0. The van der Waals surface area contributed by atoms with Crippen molar-refractivity contribution in [3.8, 4) is 0 Å². The Balaban J connectivity index is 4.48. The molecule has 0 aliphatic heterocycles. The van der Waals surface area contributed by atoms with Gasteiger partial charge in [0.2, 0.25) is 0 Å². The number of rotatable bonds is 44. The first-order valence-corrected chi connectivity index (χ1v) is 25.4. The topological polar surface area (TPSA) is 78.9 Å². The first kappa shape index (κ1) is 59.1. The molecular weight excluding hydrogens is 781 g/mol. The zero-order valence-corrected chi connectivity index (χ0v) is 40.5. The van der Waals surface area contributed by atoms with Crippen molar-refractivity contribution in [2.45, 2.75) is 219 Å². The Morgan fingerprint density at radius 1 is 0.317 bits per heavy atom. The molecule has 0 fully saturated rings. The second-order valence-electron chi connectivity index (χ2n) is 16.3. The van der Waals surface area contributed by atoms with Gasteiger partial charge >= 0.3 is 17.9 Å². The third kappa shape index (κ3) is 49.0. The average Bonchev–Trinajstić information content (AvgIpc) is 3.28. The summed E-state index contributed by atoms with van der Waals surface area (Å²) in [5.41, 5.74) is 0. The summed E-state index contributed by atoms with van der Waals surface area (Å²) in [6, 6.07) is 0. The highest BCUT2D eigenvalue weighted by Crippen LogP contribution is 2.13. The number of esters is 3. The van der Waals surface area contributed by atoms with Crippen molar-refractivity contribution in [1.82, 2.24) is 0 Å². The van der Waals surface area contributed by atoms with Crippen LogP contribution in [0.5, 0.6) is 0 Å². The number of allylic oxidation sites excluding steroid dienone is 18. The Labute approximate surface area is 387 Å². The molecule has 1 unspecified atom stereocenters. The molecule has 0 aromatic heterocycles. The summed E-state index contributed by atoms with van der Waals surface area (Å²) in [6.07, 6.45) is 67.8. The van der Waals surface area contributed by atoms with E-state index in [0.717, 1.165) is 148 Å². The molecule has 0 bridgehead atoms. The van der Waals surface area contributed by atoms with Gasteiger partial charge in [-0.1, -0.05) is 188 Å². The van der Waals surface area contributed by atoms with Crippen LogP contribution in [0.3, 0.4) is 0 Å². The van der Waals surface area contributed by atoms with Gasteiger partial charge in [-0.15, -0.1) is 0 Å². The van der Waals surface area contributed by atoms with Gasteiger partial charge in [-0.3, -0.25) is 14.4 Å². The smallest absolute Gasteiger partial charge is 0.306 e. The van der Waals surface area contributed by atoms with Crippen molar-refractivity contribution in [3.05, 3.63) is 109 Å². The van der Waals surface area contributed by atoms with Crippen LogP contribution in [0.1, 0.15) is 213 Å². The Bertz CT molecular complexity index is 1330. The lowest BCUT2D eigenvalue weighted by atomic mass is 10.1. The lowest BCUT2D eigenvalue weighted by Gasteiger charge is -2.18.